The van der Waals surface area contributed by atoms with Gasteiger partial charge in [0.05, 0.1) is 6.10 Å². The molecule has 2 unspecified atom stereocenters. The van der Waals surface area contributed by atoms with Crippen molar-refractivity contribution in [3.63, 3.8) is 0 Å². The van der Waals surface area contributed by atoms with Crippen LogP contribution < -0.4 is 11.0 Å². The van der Waals surface area contributed by atoms with Crippen LogP contribution in [0.1, 0.15) is 26.1 Å². The number of ether oxygens (including phenoxy) is 1. The highest BCUT2D eigenvalue weighted by molar-refractivity contribution is 5.50. The van der Waals surface area contributed by atoms with Crippen LogP contribution in [-0.2, 0) is 4.74 Å². The van der Waals surface area contributed by atoms with Crippen molar-refractivity contribution in [2.45, 2.75) is 39.3 Å². The molecule has 1 aliphatic rings. The molecular weight excluding hydrogens is 258 g/mol. The number of methoxy groups -OCH3 is 1. The third-order valence-electron chi connectivity index (χ3n) is 4.35. The minimum atomic E-state index is -0.264. The number of H-pyrrole nitrogens is 1. The molecule has 20 heavy (non-hydrogen) atoms. The van der Waals surface area contributed by atoms with E-state index in [0.29, 0.717) is 17.5 Å². The Kier molecular flexibility index (Phi) is 2.82. The van der Waals surface area contributed by atoms with Crippen LogP contribution in [0.15, 0.2) is 10.9 Å². The summed E-state index contributed by atoms with van der Waals surface area (Å²) in [6.45, 7) is 6.14. The number of rotatable bonds is 3. The van der Waals surface area contributed by atoms with E-state index < -0.39 is 0 Å². The van der Waals surface area contributed by atoms with E-state index in [1.54, 1.807) is 20.1 Å². The number of hydrogen-bond donors (Lipinski definition) is 2. The summed E-state index contributed by atoms with van der Waals surface area (Å²) in [5.74, 6) is 1.35. The molecular formula is C13H19N5O2. The smallest absolute Gasteiger partial charge is 0.349 e. The van der Waals surface area contributed by atoms with Crippen LogP contribution in [0, 0.1) is 12.3 Å². The predicted octanol–water partition coefficient (Wildman–Crippen LogP) is 0.951. The molecule has 0 bridgehead atoms. The SMILES string of the molecule is COC1CC(Nc2cc3n[nH]c(=O)n3c(C)n2)C1(C)C. The average Bonchev–Trinajstić information content (AvgIpc) is 2.76. The first-order valence-electron chi connectivity index (χ1n) is 6.67. The van der Waals surface area contributed by atoms with E-state index in [9.17, 15) is 4.79 Å². The van der Waals surface area contributed by atoms with Gasteiger partial charge in [-0.3, -0.25) is 0 Å². The van der Waals surface area contributed by atoms with Crippen molar-refractivity contribution in [3.05, 3.63) is 22.4 Å². The summed E-state index contributed by atoms with van der Waals surface area (Å²) in [4.78, 5) is 16.0. The third kappa shape index (κ3) is 1.81. The Labute approximate surface area is 116 Å². The first kappa shape index (κ1) is 13.1. The van der Waals surface area contributed by atoms with Crippen LogP contribution in [0.3, 0.4) is 0 Å². The first-order valence-corrected chi connectivity index (χ1v) is 6.67. The molecule has 0 aliphatic heterocycles. The van der Waals surface area contributed by atoms with E-state index >= 15 is 0 Å². The van der Waals surface area contributed by atoms with E-state index in [1.807, 2.05) is 0 Å². The highest BCUT2D eigenvalue weighted by atomic mass is 16.5. The number of hydrogen-bond acceptors (Lipinski definition) is 5. The molecule has 1 saturated carbocycles. The maximum atomic E-state index is 11.6. The molecule has 7 nitrogen and oxygen atoms in total. The summed E-state index contributed by atoms with van der Waals surface area (Å²) in [6, 6.07) is 2.08. The van der Waals surface area contributed by atoms with Crippen molar-refractivity contribution < 1.29 is 4.74 Å². The van der Waals surface area contributed by atoms with E-state index in [2.05, 4.69) is 34.3 Å². The molecule has 2 aromatic rings. The van der Waals surface area contributed by atoms with Crippen LogP contribution in [0.25, 0.3) is 5.65 Å². The number of anilines is 1. The zero-order chi connectivity index (χ0) is 14.5. The summed E-state index contributed by atoms with van der Waals surface area (Å²) >= 11 is 0. The van der Waals surface area contributed by atoms with E-state index in [-0.39, 0.29) is 17.2 Å². The van der Waals surface area contributed by atoms with Gasteiger partial charge in [0.15, 0.2) is 5.65 Å². The summed E-state index contributed by atoms with van der Waals surface area (Å²) in [5, 5.41) is 9.82. The van der Waals surface area contributed by atoms with Crippen molar-refractivity contribution >= 4 is 11.5 Å². The van der Waals surface area contributed by atoms with Gasteiger partial charge in [0.25, 0.3) is 0 Å². The molecule has 2 aromatic heterocycles. The van der Waals surface area contributed by atoms with E-state index in [4.69, 9.17) is 4.74 Å². The molecule has 2 N–H and O–H groups in total. The molecule has 7 heteroatoms. The quantitative estimate of drug-likeness (QED) is 0.872. The number of nitrogens with zero attached hydrogens (tertiary/aromatic N) is 3. The van der Waals surface area contributed by atoms with Crippen molar-refractivity contribution in [2.75, 3.05) is 12.4 Å². The predicted molar refractivity (Wildman–Crippen MR) is 75.0 cm³/mol. The monoisotopic (exact) mass is 277 g/mol. The lowest BCUT2D eigenvalue weighted by molar-refractivity contribution is -0.0795. The largest absolute Gasteiger partial charge is 0.381 e. The Morgan fingerprint density at radius 1 is 1.55 bits per heavy atom. The van der Waals surface area contributed by atoms with Gasteiger partial charge in [-0.25, -0.2) is 19.3 Å². The normalized spacial score (nSPS) is 24.6. The van der Waals surface area contributed by atoms with Crippen LogP contribution >= 0.6 is 0 Å². The lowest BCUT2D eigenvalue weighted by atomic mass is 9.64. The Bertz CT molecular complexity index is 702. The second-order valence-electron chi connectivity index (χ2n) is 5.89. The van der Waals surface area contributed by atoms with Crippen molar-refractivity contribution in [2.24, 2.45) is 5.41 Å². The van der Waals surface area contributed by atoms with Gasteiger partial charge in [-0.15, -0.1) is 0 Å². The topological polar surface area (TPSA) is 84.3 Å². The molecule has 0 amide bonds. The van der Waals surface area contributed by atoms with Gasteiger partial charge in [-0.05, 0) is 13.3 Å². The Hall–Kier alpha value is -1.89. The fraction of sp³-hybridized carbons (Fsp3) is 0.615. The van der Waals surface area contributed by atoms with Crippen LogP contribution in [0.4, 0.5) is 5.82 Å². The molecule has 3 rings (SSSR count). The minimum absolute atomic E-state index is 0.0572. The van der Waals surface area contributed by atoms with Gasteiger partial charge < -0.3 is 10.1 Å². The van der Waals surface area contributed by atoms with Crippen molar-refractivity contribution in [3.8, 4) is 0 Å². The minimum Gasteiger partial charge on any atom is -0.381 e. The molecule has 1 aliphatic carbocycles. The van der Waals surface area contributed by atoms with Crippen molar-refractivity contribution in [1.29, 1.82) is 0 Å². The Balaban J connectivity index is 1.88. The number of nitrogens with one attached hydrogen (secondary N) is 2. The van der Waals surface area contributed by atoms with Gasteiger partial charge in [0.2, 0.25) is 0 Å². The van der Waals surface area contributed by atoms with E-state index in [0.717, 1.165) is 12.2 Å². The number of aromatic nitrogens is 4. The van der Waals surface area contributed by atoms with Crippen LogP contribution in [0.5, 0.6) is 0 Å². The maximum Gasteiger partial charge on any atom is 0.349 e. The number of fused-ring (bicyclic) bond motifs is 1. The molecule has 1 fully saturated rings. The molecule has 0 aromatic carbocycles. The molecule has 2 atom stereocenters. The lowest BCUT2D eigenvalue weighted by Crippen LogP contribution is -2.57. The van der Waals surface area contributed by atoms with Gasteiger partial charge in [-0.1, -0.05) is 13.8 Å². The zero-order valence-electron chi connectivity index (χ0n) is 12.1. The highest BCUT2D eigenvalue weighted by Crippen LogP contribution is 2.43. The molecule has 108 valence electrons. The lowest BCUT2D eigenvalue weighted by Gasteiger charge is -2.51. The molecule has 0 saturated heterocycles. The highest BCUT2D eigenvalue weighted by Gasteiger charge is 2.48. The number of aryl methyl sites for hydroxylation is 1. The maximum absolute atomic E-state index is 11.6. The average molecular weight is 277 g/mol. The summed E-state index contributed by atoms with van der Waals surface area (Å²) in [6.07, 6.45) is 1.21. The Morgan fingerprint density at radius 3 is 2.95 bits per heavy atom. The molecule has 0 spiro atoms. The Morgan fingerprint density at radius 2 is 2.30 bits per heavy atom. The van der Waals surface area contributed by atoms with Gasteiger partial charge in [0.1, 0.15) is 11.6 Å². The van der Waals surface area contributed by atoms with Gasteiger partial charge in [0, 0.05) is 24.6 Å². The second kappa shape index (κ2) is 4.31. The summed E-state index contributed by atoms with van der Waals surface area (Å²) in [7, 11) is 1.74. The zero-order valence-corrected chi connectivity index (χ0v) is 12.1. The van der Waals surface area contributed by atoms with Gasteiger partial charge in [-0.2, -0.15) is 5.10 Å². The standard InChI is InChI=1S/C13H19N5O2/c1-7-14-10(6-11-16-17-12(19)18(7)11)15-8-5-9(20-4)13(8,2)3/h6,8-9,15H,5H2,1-4H3,(H,17,19). The fourth-order valence-corrected chi connectivity index (χ4v) is 2.88. The van der Waals surface area contributed by atoms with Crippen LogP contribution in [-0.4, -0.2) is 38.8 Å². The summed E-state index contributed by atoms with van der Waals surface area (Å²) < 4.78 is 6.90. The van der Waals surface area contributed by atoms with Crippen LogP contribution in [0.2, 0.25) is 0 Å². The number of aromatic amines is 1. The molecule has 2 heterocycles. The van der Waals surface area contributed by atoms with Gasteiger partial charge >= 0.3 is 5.69 Å². The molecule has 0 radical (unpaired) electrons. The van der Waals surface area contributed by atoms with E-state index in [1.165, 1.54) is 4.40 Å². The fourth-order valence-electron chi connectivity index (χ4n) is 2.88. The second-order valence-corrected chi connectivity index (χ2v) is 5.89. The van der Waals surface area contributed by atoms with Crippen molar-refractivity contribution in [1.82, 2.24) is 19.6 Å². The first-order chi connectivity index (χ1) is 9.43. The third-order valence-corrected chi connectivity index (χ3v) is 4.35. The summed E-state index contributed by atoms with van der Waals surface area (Å²) in [5.41, 5.74) is 0.368.